The van der Waals surface area contributed by atoms with Gasteiger partial charge >= 0.3 is 0 Å². The van der Waals surface area contributed by atoms with E-state index in [0.717, 1.165) is 30.5 Å². The molecular weight excluding hydrogens is 384 g/mol. The number of primary amides is 1. The monoisotopic (exact) mass is 408 g/mol. The quantitative estimate of drug-likeness (QED) is 0.709. The number of carbonyl (C=O) groups excluding carboxylic acids is 2. The fourth-order valence-corrected chi connectivity index (χ4v) is 4.47. The van der Waals surface area contributed by atoms with Crippen molar-refractivity contribution in [2.24, 2.45) is 11.7 Å². The third-order valence-corrected chi connectivity index (χ3v) is 6.45. The van der Waals surface area contributed by atoms with E-state index in [1.807, 2.05) is 13.0 Å². The Bertz CT molecular complexity index is 983. The minimum Gasteiger partial charge on any atom is -0.366 e. The van der Waals surface area contributed by atoms with Gasteiger partial charge in [-0.1, -0.05) is 37.7 Å². The average Bonchev–Trinajstić information content (AvgIpc) is 2.71. The van der Waals surface area contributed by atoms with Crippen LogP contribution in [0, 0.1) is 17.2 Å². The summed E-state index contributed by atoms with van der Waals surface area (Å²) in [4.78, 5) is 29.2. The van der Waals surface area contributed by atoms with Crippen molar-refractivity contribution < 1.29 is 9.59 Å². The highest BCUT2D eigenvalue weighted by Crippen LogP contribution is 2.32. The second-order valence-corrected chi connectivity index (χ2v) is 8.51. The Morgan fingerprint density at radius 3 is 2.86 bits per heavy atom. The van der Waals surface area contributed by atoms with Crippen molar-refractivity contribution in [3.05, 3.63) is 52.7 Å². The molecule has 2 aromatic rings. The van der Waals surface area contributed by atoms with Crippen molar-refractivity contribution in [1.82, 2.24) is 4.98 Å². The van der Waals surface area contributed by atoms with Gasteiger partial charge in [0, 0.05) is 5.69 Å². The van der Waals surface area contributed by atoms with Crippen LogP contribution < -0.4 is 11.1 Å². The molecule has 7 heteroatoms. The minimum absolute atomic E-state index is 0.247. The summed E-state index contributed by atoms with van der Waals surface area (Å²) in [6.07, 6.45) is 3.46. The number of nitrogens with zero attached hydrogens (tertiary/aromatic N) is 2. The summed E-state index contributed by atoms with van der Waals surface area (Å²) in [6.45, 7) is 4.11. The van der Waals surface area contributed by atoms with Crippen LogP contribution in [0.5, 0.6) is 0 Å². The zero-order valence-corrected chi connectivity index (χ0v) is 17.4. The van der Waals surface area contributed by atoms with Crippen LogP contribution in [-0.2, 0) is 17.6 Å². The number of nitrogens with two attached hydrogens (primary N) is 1. The number of para-hydroxylation sites is 1. The number of nitriles is 1. The van der Waals surface area contributed by atoms with E-state index in [2.05, 4.69) is 18.3 Å². The fraction of sp³-hybridized carbons (Fsp3) is 0.364. The van der Waals surface area contributed by atoms with E-state index in [1.165, 1.54) is 11.8 Å². The number of fused-ring (bicyclic) bond motifs is 1. The molecule has 0 fully saturated rings. The van der Waals surface area contributed by atoms with Crippen LogP contribution in [0.3, 0.4) is 0 Å². The van der Waals surface area contributed by atoms with Crippen molar-refractivity contribution in [3.63, 3.8) is 0 Å². The number of carbonyl (C=O) groups is 2. The number of amides is 2. The highest BCUT2D eigenvalue weighted by Gasteiger charge is 2.24. The van der Waals surface area contributed by atoms with Gasteiger partial charge in [-0.05, 0) is 55.4 Å². The lowest BCUT2D eigenvalue weighted by Crippen LogP contribution is -2.26. The molecule has 6 nitrogen and oxygen atoms in total. The predicted octanol–water partition coefficient (Wildman–Crippen LogP) is 3.69. The molecule has 1 aliphatic rings. The van der Waals surface area contributed by atoms with E-state index in [9.17, 15) is 14.9 Å². The first-order valence-corrected chi connectivity index (χ1v) is 10.6. The molecule has 0 saturated carbocycles. The van der Waals surface area contributed by atoms with Crippen LogP contribution in [0.1, 0.15) is 53.9 Å². The van der Waals surface area contributed by atoms with Gasteiger partial charge in [-0.2, -0.15) is 5.26 Å². The number of hydrogen-bond acceptors (Lipinski definition) is 5. The molecule has 2 amide bonds. The Kier molecular flexibility index (Phi) is 6.55. The average molecular weight is 409 g/mol. The molecule has 3 N–H and O–H groups in total. The first kappa shape index (κ1) is 20.9. The van der Waals surface area contributed by atoms with Crippen LogP contribution in [0.15, 0.2) is 35.4 Å². The molecule has 1 aromatic heterocycles. The second-order valence-electron chi connectivity index (χ2n) is 7.32. The third kappa shape index (κ3) is 4.77. The van der Waals surface area contributed by atoms with Gasteiger partial charge in [0.25, 0.3) is 5.91 Å². The number of aryl methyl sites for hydroxylation is 1. The Balaban J connectivity index is 1.82. The molecular formula is C22H24N4O2S. The summed E-state index contributed by atoms with van der Waals surface area (Å²) < 4.78 is 0. The molecule has 2 unspecified atom stereocenters. The second kappa shape index (κ2) is 9.10. The summed E-state index contributed by atoms with van der Waals surface area (Å²) in [5.74, 6) is -0.254. The maximum atomic E-state index is 12.9. The molecule has 0 bridgehead atoms. The van der Waals surface area contributed by atoms with Gasteiger partial charge < -0.3 is 11.1 Å². The van der Waals surface area contributed by atoms with E-state index < -0.39 is 11.2 Å². The molecule has 1 aromatic carbocycles. The largest absolute Gasteiger partial charge is 0.366 e. The molecule has 0 saturated heterocycles. The standard InChI is InChI=1S/C22H24N4O2S/c1-3-19(21(28)25-18-7-5-4-6-16(18)20(24)27)29-22-15(12-23)11-14-10-13(2)8-9-17(14)26-22/h4-7,11,13,19H,3,8-10H2,1-2H3,(H2,24,27)(H,25,28). The van der Waals surface area contributed by atoms with E-state index in [4.69, 9.17) is 10.7 Å². The fourth-order valence-electron chi connectivity index (χ4n) is 3.47. The van der Waals surface area contributed by atoms with Crippen molar-refractivity contribution in [3.8, 4) is 6.07 Å². The topological polar surface area (TPSA) is 109 Å². The van der Waals surface area contributed by atoms with Gasteiger partial charge in [0.15, 0.2) is 0 Å². The summed E-state index contributed by atoms with van der Waals surface area (Å²) in [5, 5.41) is 12.5. The number of aromatic nitrogens is 1. The molecule has 1 aliphatic carbocycles. The summed E-state index contributed by atoms with van der Waals surface area (Å²) >= 11 is 1.29. The smallest absolute Gasteiger partial charge is 0.250 e. The molecule has 0 aliphatic heterocycles. The Morgan fingerprint density at radius 1 is 1.41 bits per heavy atom. The van der Waals surface area contributed by atoms with Crippen LogP contribution in [0.2, 0.25) is 0 Å². The zero-order chi connectivity index (χ0) is 21.0. The summed E-state index contributed by atoms with van der Waals surface area (Å²) in [6, 6.07) is 10.8. The van der Waals surface area contributed by atoms with Crippen LogP contribution in [-0.4, -0.2) is 22.0 Å². The molecule has 1 heterocycles. The summed E-state index contributed by atoms with van der Waals surface area (Å²) in [7, 11) is 0. The summed E-state index contributed by atoms with van der Waals surface area (Å²) in [5.41, 5.74) is 8.71. The van der Waals surface area contributed by atoms with E-state index >= 15 is 0 Å². The van der Waals surface area contributed by atoms with Crippen LogP contribution in [0.25, 0.3) is 0 Å². The van der Waals surface area contributed by atoms with Crippen molar-refractivity contribution in [2.45, 2.75) is 49.8 Å². The van der Waals surface area contributed by atoms with E-state index in [1.54, 1.807) is 24.3 Å². The number of anilines is 1. The molecule has 2 atom stereocenters. The zero-order valence-electron chi connectivity index (χ0n) is 16.6. The minimum atomic E-state index is -0.598. The Labute approximate surface area is 174 Å². The number of pyridine rings is 1. The Hall–Kier alpha value is -2.85. The maximum Gasteiger partial charge on any atom is 0.250 e. The number of rotatable bonds is 6. The van der Waals surface area contributed by atoms with Gasteiger partial charge in [0.2, 0.25) is 5.91 Å². The van der Waals surface area contributed by atoms with Crippen molar-refractivity contribution in [1.29, 1.82) is 5.26 Å². The SMILES string of the molecule is CCC(Sc1nc2c(cc1C#N)CC(C)CC2)C(=O)Nc1ccccc1C(N)=O. The normalized spacial score (nSPS) is 16.4. The lowest BCUT2D eigenvalue weighted by Gasteiger charge is -2.22. The van der Waals surface area contributed by atoms with Gasteiger partial charge in [0.1, 0.15) is 11.1 Å². The Morgan fingerprint density at radius 2 is 2.17 bits per heavy atom. The van der Waals surface area contributed by atoms with E-state index in [0.29, 0.717) is 28.6 Å². The number of hydrogen-bond donors (Lipinski definition) is 2. The highest BCUT2D eigenvalue weighted by atomic mass is 32.2. The van der Waals surface area contributed by atoms with Gasteiger partial charge in [-0.25, -0.2) is 4.98 Å². The third-order valence-electron chi connectivity index (χ3n) is 5.09. The lowest BCUT2D eigenvalue weighted by atomic mass is 9.87. The molecule has 150 valence electrons. The first-order valence-electron chi connectivity index (χ1n) is 9.72. The number of thioether (sulfide) groups is 1. The lowest BCUT2D eigenvalue weighted by molar-refractivity contribution is -0.115. The molecule has 0 spiro atoms. The van der Waals surface area contributed by atoms with Crippen LogP contribution in [0.4, 0.5) is 5.69 Å². The van der Waals surface area contributed by atoms with Gasteiger partial charge in [-0.3, -0.25) is 9.59 Å². The highest BCUT2D eigenvalue weighted by molar-refractivity contribution is 8.00. The first-order chi connectivity index (χ1) is 13.9. The predicted molar refractivity (Wildman–Crippen MR) is 114 cm³/mol. The van der Waals surface area contributed by atoms with Gasteiger partial charge in [0.05, 0.1) is 22.1 Å². The number of benzene rings is 1. The molecule has 29 heavy (non-hydrogen) atoms. The van der Waals surface area contributed by atoms with Crippen molar-refractivity contribution >= 4 is 29.3 Å². The maximum absolute atomic E-state index is 12.9. The molecule has 3 rings (SSSR count). The van der Waals surface area contributed by atoms with Gasteiger partial charge in [-0.15, -0.1) is 0 Å². The van der Waals surface area contributed by atoms with Crippen molar-refractivity contribution in [2.75, 3.05) is 5.32 Å². The number of nitrogens with one attached hydrogen (secondary N) is 1. The molecule has 0 radical (unpaired) electrons. The van der Waals surface area contributed by atoms with Crippen LogP contribution >= 0.6 is 11.8 Å². The van der Waals surface area contributed by atoms with E-state index in [-0.39, 0.29) is 11.5 Å².